The molecule has 0 aliphatic rings. The van der Waals surface area contributed by atoms with Gasteiger partial charge in [-0.2, -0.15) is 4.98 Å². The minimum atomic E-state index is -3.87. The second kappa shape index (κ2) is 5.33. The quantitative estimate of drug-likeness (QED) is 0.765. The number of nitrogens with zero attached hydrogens (tertiary/aromatic N) is 2. The van der Waals surface area contributed by atoms with E-state index in [1.165, 1.54) is 12.1 Å². The summed E-state index contributed by atoms with van der Waals surface area (Å²) >= 11 is 0. The molecule has 0 saturated heterocycles. The van der Waals surface area contributed by atoms with Crippen molar-refractivity contribution in [2.75, 3.05) is 12.3 Å². The third-order valence-corrected chi connectivity index (χ3v) is 3.87. The molecule has 0 saturated carbocycles. The van der Waals surface area contributed by atoms with Gasteiger partial charge in [0.2, 0.25) is 16.4 Å². The molecular formula is C10H11FN4O3S. The molecule has 2 aromatic rings. The van der Waals surface area contributed by atoms with Crippen LogP contribution in [0.25, 0.3) is 0 Å². The van der Waals surface area contributed by atoms with Gasteiger partial charge >= 0.3 is 0 Å². The summed E-state index contributed by atoms with van der Waals surface area (Å²) < 4.78 is 43.8. The number of anilines is 1. The highest BCUT2D eigenvalue weighted by molar-refractivity contribution is 7.89. The standard InChI is InChI=1S/C10H11FN4O3S/c11-7-2-1-3-8(10(7)12)19(16,17)14-5-4-9-13-6-18-15-9/h1-3,6,14H,4-5,12H2. The van der Waals surface area contributed by atoms with Gasteiger partial charge in [0, 0.05) is 13.0 Å². The van der Waals surface area contributed by atoms with E-state index in [0.717, 1.165) is 12.5 Å². The first kappa shape index (κ1) is 13.4. The van der Waals surface area contributed by atoms with Crippen LogP contribution in [0.15, 0.2) is 34.0 Å². The second-order valence-electron chi connectivity index (χ2n) is 3.65. The van der Waals surface area contributed by atoms with Crippen LogP contribution in [0.4, 0.5) is 10.1 Å². The summed E-state index contributed by atoms with van der Waals surface area (Å²) in [6.45, 7) is 0.0534. The summed E-state index contributed by atoms with van der Waals surface area (Å²) in [6, 6.07) is 3.60. The van der Waals surface area contributed by atoms with Crippen molar-refractivity contribution >= 4 is 15.7 Å². The number of nitrogens with one attached hydrogen (secondary N) is 1. The van der Waals surface area contributed by atoms with Crippen LogP contribution < -0.4 is 10.5 Å². The molecule has 0 spiro atoms. The fourth-order valence-electron chi connectivity index (χ4n) is 1.43. The van der Waals surface area contributed by atoms with E-state index in [9.17, 15) is 12.8 Å². The van der Waals surface area contributed by atoms with E-state index < -0.39 is 21.5 Å². The number of nitrogen functional groups attached to an aromatic ring is 1. The van der Waals surface area contributed by atoms with Crippen molar-refractivity contribution in [3.8, 4) is 0 Å². The minimum Gasteiger partial charge on any atom is -0.395 e. The summed E-state index contributed by atoms with van der Waals surface area (Å²) in [5.74, 6) is -0.407. The molecule has 7 nitrogen and oxygen atoms in total. The average molecular weight is 286 g/mol. The maximum Gasteiger partial charge on any atom is 0.242 e. The first-order valence-corrected chi connectivity index (χ1v) is 6.78. The Morgan fingerprint density at radius 1 is 1.42 bits per heavy atom. The maximum absolute atomic E-state index is 13.2. The number of halogens is 1. The zero-order valence-electron chi connectivity index (χ0n) is 9.71. The van der Waals surface area contributed by atoms with Gasteiger partial charge in [0.25, 0.3) is 0 Å². The Morgan fingerprint density at radius 3 is 2.89 bits per heavy atom. The summed E-state index contributed by atoms with van der Waals surface area (Å²) in [5, 5.41) is 3.53. The molecule has 0 aliphatic carbocycles. The summed E-state index contributed by atoms with van der Waals surface area (Å²) in [4.78, 5) is 3.45. The van der Waals surface area contributed by atoms with Crippen molar-refractivity contribution in [3.05, 3.63) is 36.2 Å². The highest BCUT2D eigenvalue weighted by Crippen LogP contribution is 2.20. The van der Waals surface area contributed by atoms with Crippen LogP contribution >= 0.6 is 0 Å². The number of aromatic nitrogens is 2. The lowest BCUT2D eigenvalue weighted by atomic mass is 10.3. The topological polar surface area (TPSA) is 111 Å². The molecular weight excluding hydrogens is 275 g/mol. The number of hydrogen-bond acceptors (Lipinski definition) is 6. The molecule has 1 heterocycles. The molecule has 3 N–H and O–H groups in total. The highest BCUT2D eigenvalue weighted by Gasteiger charge is 2.19. The van der Waals surface area contributed by atoms with E-state index in [4.69, 9.17) is 5.73 Å². The van der Waals surface area contributed by atoms with E-state index in [2.05, 4.69) is 19.4 Å². The van der Waals surface area contributed by atoms with Gasteiger partial charge in [-0.25, -0.2) is 17.5 Å². The Balaban J connectivity index is 2.08. The number of nitrogens with two attached hydrogens (primary N) is 1. The minimum absolute atomic E-state index is 0.0534. The number of rotatable bonds is 5. The molecule has 0 atom stereocenters. The van der Waals surface area contributed by atoms with Gasteiger partial charge in [0.1, 0.15) is 10.7 Å². The normalized spacial score (nSPS) is 11.6. The van der Waals surface area contributed by atoms with Gasteiger partial charge in [0.15, 0.2) is 5.82 Å². The third-order valence-electron chi connectivity index (χ3n) is 2.35. The average Bonchev–Trinajstić information content (AvgIpc) is 2.85. The molecule has 102 valence electrons. The van der Waals surface area contributed by atoms with Crippen LogP contribution in [0.5, 0.6) is 0 Å². The lowest BCUT2D eigenvalue weighted by Crippen LogP contribution is -2.27. The van der Waals surface area contributed by atoms with Crippen molar-refractivity contribution in [1.29, 1.82) is 0 Å². The Kier molecular flexibility index (Phi) is 3.76. The summed E-state index contributed by atoms with van der Waals surface area (Å²) in [5.41, 5.74) is 4.99. The van der Waals surface area contributed by atoms with E-state index in [0.29, 0.717) is 5.82 Å². The molecule has 0 unspecified atom stereocenters. The largest absolute Gasteiger partial charge is 0.395 e. The molecule has 0 fully saturated rings. The van der Waals surface area contributed by atoms with Crippen LogP contribution in [0.3, 0.4) is 0 Å². The van der Waals surface area contributed by atoms with Crippen LogP contribution in [-0.4, -0.2) is 25.1 Å². The van der Waals surface area contributed by atoms with Crippen LogP contribution in [0.2, 0.25) is 0 Å². The third kappa shape index (κ3) is 3.06. The highest BCUT2D eigenvalue weighted by atomic mass is 32.2. The smallest absolute Gasteiger partial charge is 0.242 e. The number of para-hydroxylation sites is 1. The van der Waals surface area contributed by atoms with Gasteiger partial charge in [-0.1, -0.05) is 11.2 Å². The van der Waals surface area contributed by atoms with Gasteiger partial charge < -0.3 is 10.3 Å². The van der Waals surface area contributed by atoms with Crippen molar-refractivity contribution in [2.24, 2.45) is 0 Å². The van der Waals surface area contributed by atoms with Crippen molar-refractivity contribution in [1.82, 2.24) is 14.9 Å². The van der Waals surface area contributed by atoms with E-state index in [1.54, 1.807) is 0 Å². The van der Waals surface area contributed by atoms with Crippen LogP contribution in [-0.2, 0) is 16.4 Å². The predicted octanol–water partition coefficient (Wildman–Crippen LogP) is 0.312. The second-order valence-corrected chi connectivity index (χ2v) is 5.38. The molecule has 19 heavy (non-hydrogen) atoms. The van der Waals surface area contributed by atoms with Gasteiger partial charge in [-0.3, -0.25) is 0 Å². The molecule has 1 aromatic heterocycles. The van der Waals surface area contributed by atoms with Gasteiger partial charge in [-0.15, -0.1) is 0 Å². The van der Waals surface area contributed by atoms with Crippen LogP contribution in [0.1, 0.15) is 5.82 Å². The lowest BCUT2D eigenvalue weighted by Gasteiger charge is -2.08. The number of benzene rings is 1. The van der Waals surface area contributed by atoms with Crippen molar-refractivity contribution in [3.63, 3.8) is 0 Å². The van der Waals surface area contributed by atoms with Crippen LogP contribution in [0, 0.1) is 5.82 Å². The fourth-order valence-corrected chi connectivity index (χ4v) is 2.60. The zero-order valence-corrected chi connectivity index (χ0v) is 10.5. The molecule has 0 amide bonds. The molecule has 1 aromatic carbocycles. The lowest BCUT2D eigenvalue weighted by molar-refractivity contribution is 0.410. The first-order valence-electron chi connectivity index (χ1n) is 5.29. The fraction of sp³-hybridized carbons (Fsp3) is 0.200. The van der Waals surface area contributed by atoms with E-state index in [-0.39, 0.29) is 17.9 Å². The summed E-state index contributed by atoms with van der Waals surface area (Å²) in [7, 11) is -3.87. The Morgan fingerprint density at radius 2 is 2.21 bits per heavy atom. The molecule has 0 aliphatic heterocycles. The van der Waals surface area contributed by atoms with Crippen molar-refractivity contribution < 1.29 is 17.3 Å². The molecule has 9 heteroatoms. The SMILES string of the molecule is Nc1c(F)cccc1S(=O)(=O)NCCc1ncon1. The molecule has 2 rings (SSSR count). The molecule has 0 bridgehead atoms. The monoisotopic (exact) mass is 286 g/mol. The Hall–Kier alpha value is -2.00. The molecule has 0 radical (unpaired) electrons. The van der Waals surface area contributed by atoms with E-state index >= 15 is 0 Å². The summed E-state index contributed by atoms with van der Waals surface area (Å²) in [6.07, 6.45) is 1.40. The van der Waals surface area contributed by atoms with Crippen molar-refractivity contribution in [2.45, 2.75) is 11.3 Å². The Labute approximate surface area is 108 Å². The number of hydrogen-bond donors (Lipinski definition) is 2. The Bertz CT molecular complexity index is 657. The van der Waals surface area contributed by atoms with Gasteiger partial charge in [0.05, 0.1) is 5.69 Å². The maximum atomic E-state index is 13.2. The van der Waals surface area contributed by atoms with E-state index in [1.807, 2.05) is 0 Å². The predicted molar refractivity (Wildman–Crippen MR) is 64.0 cm³/mol. The zero-order chi connectivity index (χ0) is 13.9. The van der Waals surface area contributed by atoms with Gasteiger partial charge in [-0.05, 0) is 12.1 Å². The number of sulfonamides is 1. The first-order chi connectivity index (χ1) is 9.00.